The largest absolute Gasteiger partial charge is 0.495 e. The zero-order valence-corrected chi connectivity index (χ0v) is 18.5. The number of nitrogens with one attached hydrogen (secondary N) is 1. The van der Waals surface area contributed by atoms with Crippen molar-refractivity contribution in [1.82, 2.24) is 19.8 Å². The molecule has 0 aliphatic carbocycles. The van der Waals surface area contributed by atoms with Gasteiger partial charge in [0.05, 0.1) is 36.9 Å². The lowest BCUT2D eigenvalue weighted by atomic mass is 9.84. The second-order valence-corrected chi connectivity index (χ2v) is 8.22. The van der Waals surface area contributed by atoms with Gasteiger partial charge in [-0.3, -0.25) is 9.89 Å². The Bertz CT molecular complexity index is 1260. The maximum absolute atomic E-state index is 13.5. The summed E-state index contributed by atoms with van der Waals surface area (Å²) >= 11 is 0. The number of aromatic nitrogens is 2. The molecule has 1 unspecified atom stereocenters. The first-order valence-electron chi connectivity index (χ1n) is 10.8. The van der Waals surface area contributed by atoms with Crippen molar-refractivity contribution < 1.29 is 13.9 Å². The van der Waals surface area contributed by atoms with Gasteiger partial charge < -0.3 is 14.6 Å². The Kier molecular flexibility index (Phi) is 5.20. The van der Waals surface area contributed by atoms with E-state index in [0.29, 0.717) is 31.1 Å². The van der Waals surface area contributed by atoms with E-state index in [4.69, 9.17) is 4.74 Å². The van der Waals surface area contributed by atoms with Crippen LogP contribution in [0.3, 0.4) is 0 Å². The Balaban J connectivity index is 1.44. The van der Waals surface area contributed by atoms with Gasteiger partial charge >= 0.3 is 6.03 Å². The highest BCUT2D eigenvalue weighted by molar-refractivity contribution is 6.08. The normalized spacial score (nSPS) is 20.0. The van der Waals surface area contributed by atoms with E-state index in [1.807, 2.05) is 48.0 Å². The molecule has 7 nitrogen and oxygen atoms in total. The molecule has 0 radical (unpaired) electrons. The summed E-state index contributed by atoms with van der Waals surface area (Å²) < 4.78 is 21.0. The lowest BCUT2D eigenvalue weighted by Gasteiger charge is -2.42. The summed E-state index contributed by atoms with van der Waals surface area (Å²) in [6.45, 7) is 2.92. The number of methoxy groups -OCH3 is 1. The number of benzene rings is 2. The Morgan fingerprint density at radius 3 is 2.73 bits per heavy atom. The average Bonchev–Trinajstić information content (AvgIpc) is 3.43. The Hall–Kier alpha value is -3.94. The molecule has 0 saturated carbocycles. The van der Waals surface area contributed by atoms with Crippen molar-refractivity contribution in [2.45, 2.75) is 18.9 Å². The number of carbonyl (C=O) groups is 1. The number of aliphatic imine (C=N–C) groups is 1. The fourth-order valence-electron chi connectivity index (χ4n) is 4.50. The van der Waals surface area contributed by atoms with Crippen molar-refractivity contribution in [2.75, 3.05) is 20.2 Å². The molecule has 8 heteroatoms. The number of hydrogen-bond donors (Lipinski definition) is 1. The molecule has 2 aliphatic heterocycles. The maximum Gasteiger partial charge on any atom is 0.323 e. The molecule has 33 heavy (non-hydrogen) atoms. The third-order valence-corrected chi connectivity index (χ3v) is 6.18. The van der Waals surface area contributed by atoms with Gasteiger partial charge in [0.25, 0.3) is 0 Å². The SMILES string of the molecule is COc1cc(C=CC2=NCC3(c4ccc(F)cc4)CCNC(=O)N23)ccc1-n1cnc(C)c1. The molecule has 0 spiro atoms. The van der Waals surface area contributed by atoms with E-state index in [1.165, 1.54) is 12.1 Å². The van der Waals surface area contributed by atoms with Gasteiger partial charge in [-0.25, -0.2) is 14.2 Å². The molecular formula is C25H24FN5O2. The Morgan fingerprint density at radius 2 is 2.00 bits per heavy atom. The summed E-state index contributed by atoms with van der Waals surface area (Å²) in [4.78, 5) is 23.5. The number of amides is 2. The van der Waals surface area contributed by atoms with Crippen molar-refractivity contribution in [3.63, 3.8) is 0 Å². The molecule has 2 aliphatic rings. The second-order valence-electron chi connectivity index (χ2n) is 8.22. The van der Waals surface area contributed by atoms with E-state index in [1.54, 1.807) is 30.5 Å². The van der Waals surface area contributed by atoms with Crippen LogP contribution in [0, 0.1) is 12.7 Å². The number of halogens is 1. The number of imidazole rings is 1. The first-order valence-corrected chi connectivity index (χ1v) is 10.8. The van der Waals surface area contributed by atoms with E-state index >= 15 is 0 Å². The standard InChI is InChI=1S/C25H24FN5O2/c1-17-14-30(16-29-17)21-9-3-18(13-22(21)33-2)4-10-23-28-15-25(11-12-27-24(32)31(23)25)19-5-7-20(26)8-6-19/h3-10,13-14,16H,11-12,15H2,1-2H3,(H,27,32). The summed E-state index contributed by atoms with van der Waals surface area (Å²) in [7, 11) is 1.63. The van der Waals surface area contributed by atoms with E-state index < -0.39 is 5.54 Å². The second kappa shape index (κ2) is 8.20. The van der Waals surface area contributed by atoms with Gasteiger partial charge in [0.15, 0.2) is 0 Å². The summed E-state index contributed by atoms with van der Waals surface area (Å²) in [5.74, 6) is 0.980. The quantitative estimate of drug-likeness (QED) is 0.644. The number of urea groups is 1. The van der Waals surface area contributed by atoms with Crippen LogP contribution in [0.25, 0.3) is 11.8 Å². The predicted molar refractivity (Wildman–Crippen MR) is 124 cm³/mol. The monoisotopic (exact) mass is 445 g/mol. The van der Waals surface area contributed by atoms with E-state index in [0.717, 1.165) is 22.5 Å². The summed E-state index contributed by atoms with van der Waals surface area (Å²) in [5, 5.41) is 2.90. The van der Waals surface area contributed by atoms with Gasteiger partial charge in [-0.15, -0.1) is 0 Å². The highest BCUT2D eigenvalue weighted by atomic mass is 19.1. The van der Waals surface area contributed by atoms with Gasteiger partial charge in [-0.05, 0) is 54.8 Å². The van der Waals surface area contributed by atoms with Gasteiger partial charge in [0.1, 0.15) is 17.4 Å². The van der Waals surface area contributed by atoms with E-state index in [2.05, 4.69) is 15.3 Å². The van der Waals surface area contributed by atoms with Crippen LogP contribution < -0.4 is 10.1 Å². The topological polar surface area (TPSA) is 71.8 Å². The van der Waals surface area contributed by atoms with Gasteiger partial charge in [0, 0.05) is 12.7 Å². The van der Waals surface area contributed by atoms with Crippen molar-refractivity contribution in [2.24, 2.45) is 4.99 Å². The van der Waals surface area contributed by atoms with Gasteiger partial charge in [-0.2, -0.15) is 0 Å². The first kappa shape index (κ1) is 20.9. The van der Waals surface area contributed by atoms with Crippen LogP contribution in [-0.2, 0) is 5.54 Å². The highest BCUT2D eigenvalue weighted by Gasteiger charge is 2.49. The van der Waals surface area contributed by atoms with Crippen molar-refractivity contribution in [3.05, 3.63) is 83.7 Å². The molecule has 1 atom stereocenters. The molecule has 3 aromatic rings. The Morgan fingerprint density at radius 1 is 1.18 bits per heavy atom. The third kappa shape index (κ3) is 3.67. The number of aryl methyl sites for hydroxylation is 1. The summed E-state index contributed by atoms with van der Waals surface area (Å²) in [6.07, 6.45) is 8.13. The number of ether oxygens (including phenoxy) is 1. The van der Waals surface area contributed by atoms with Crippen LogP contribution >= 0.6 is 0 Å². The van der Waals surface area contributed by atoms with Crippen LogP contribution in [0.5, 0.6) is 5.75 Å². The van der Waals surface area contributed by atoms with Gasteiger partial charge in [-0.1, -0.05) is 24.3 Å². The minimum absolute atomic E-state index is 0.199. The number of amidine groups is 1. The molecule has 5 rings (SSSR count). The molecular weight excluding hydrogens is 421 g/mol. The van der Waals surface area contributed by atoms with Crippen molar-refractivity contribution in [3.8, 4) is 11.4 Å². The summed E-state index contributed by atoms with van der Waals surface area (Å²) in [5.41, 5.74) is 3.00. The molecule has 2 amide bonds. The lowest BCUT2D eigenvalue weighted by Crippen LogP contribution is -2.59. The van der Waals surface area contributed by atoms with Gasteiger partial charge in [0.2, 0.25) is 0 Å². The van der Waals surface area contributed by atoms with Crippen LogP contribution in [0.15, 0.2) is 66.1 Å². The number of carbonyl (C=O) groups excluding carboxylic acids is 1. The van der Waals surface area contributed by atoms with Crippen LogP contribution in [0.2, 0.25) is 0 Å². The molecule has 168 valence electrons. The minimum atomic E-state index is -0.601. The minimum Gasteiger partial charge on any atom is -0.495 e. The maximum atomic E-state index is 13.5. The zero-order valence-electron chi connectivity index (χ0n) is 18.5. The molecule has 1 saturated heterocycles. The smallest absolute Gasteiger partial charge is 0.323 e. The summed E-state index contributed by atoms with van der Waals surface area (Å²) in [6, 6.07) is 12.0. The lowest BCUT2D eigenvalue weighted by molar-refractivity contribution is 0.153. The number of rotatable bonds is 5. The number of hydrogen-bond acceptors (Lipinski definition) is 4. The Labute approximate surface area is 191 Å². The fraction of sp³-hybridized carbons (Fsp3) is 0.240. The van der Waals surface area contributed by atoms with Crippen LogP contribution in [-0.4, -0.2) is 46.5 Å². The molecule has 2 aromatic carbocycles. The van der Waals surface area contributed by atoms with Crippen LogP contribution in [0.1, 0.15) is 23.2 Å². The third-order valence-electron chi connectivity index (χ3n) is 6.18. The van der Waals surface area contributed by atoms with E-state index in [-0.39, 0.29) is 11.8 Å². The molecule has 1 N–H and O–H groups in total. The van der Waals surface area contributed by atoms with E-state index in [9.17, 15) is 9.18 Å². The van der Waals surface area contributed by atoms with Crippen LogP contribution in [0.4, 0.5) is 9.18 Å². The van der Waals surface area contributed by atoms with Crippen molar-refractivity contribution >= 4 is 17.9 Å². The number of nitrogens with zero attached hydrogens (tertiary/aromatic N) is 4. The first-order chi connectivity index (χ1) is 16.0. The highest BCUT2D eigenvalue weighted by Crippen LogP contribution is 2.39. The predicted octanol–water partition coefficient (Wildman–Crippen LogP) is 4.06. The molecule has 1 fully saturated rings. The molecule has 3 heterocycles. The average molecular weight is 445 g/mol. The fourth-order valence-corrected chi connectivity index (χ4v) is 4.50. The molecule has 0 bridgehead atoms. The number of fused-ring (bicyclic) bond motifs is 1. The van der Waals surface area contributed by atoms with Crippen molar-refractivity contribution in [1.29, 1.82) is 0 Å². The zero-order chi connectivity index (χ0) is 23.0. The molecule has 1 aromatic heterocycles.